The average molecular weight is 508 g/mol. The minimum atomic E-state index is -0.584. The van der Waals surface area contributed by atoms with Crippen molar-refractivity contribution in [2.24, 2.45) is 0 Å². The third-order valence-corrected chi connectivity index (χ3v) is 7.27. The van der Waals surface area contributed by atoms with Crippen molar-refractivity contribution in [2.75, 3.05) is 11.4 Å². The Bertz CT molecular complexity index is 1410. The molecule has 1 aromatic carbocycles. The number of aromatic amines is 1. The van der Waals surface area contributed by atoms with Gasteiger partial charge in [0.05, 0.1) is 17.7 Å². The molecule has 4 aromatic rings. The van der Waals surface area contributed by atoms with Crippen molar-refractivity contribution in [3.8, 4) is 22.6 Å². The number of ether oxygens (including phenoxy) is 1. The highest BCUT2D eigenvalue weighted by molar-refractivity contribution is 6.33. The van der Waals surface area contributed by atoms with Gasteiger partial charge in [-0.25, -0.2) is 9.78 Å². The normalized spacial score (nSPS) is 20.1. The van der Waals surface area contributed by atoms with Crippen LogP contribution in [0.5, 0.6) is 0 Å². The molecule has 0 unspecified atom stereocenters. The summed E-state index contributed by atoms with van der Waals surface area (Å²) in [6.45, 7) is 3.47. The Balaban J connectivity index is 1.12. The zero-order chi connectivity index (χ0) is 24.6. The Hall–Kier alpha value is -3.43. The van der Waals surface area contributed by atoms with Crippen molar-refractivity contribution in [1.29, 1.82) is 0 Å². The molecule has 2 aliphatic rings. The molecule has 1 saturated carbocycles. The van der Waals surface area contributed by atoms with Gasteiger partial charge in [-0.05, 0) is 50.8 Å². The van der Waals surface area contributed by atoms with Crippen molar-refractivity contribution < 1.29 is 13.8 Å². The lowest BCUT2D eigenvalue weighted by atomic mass is 10.00. The molecule has 0 amide bonds. The van der Waals surface area contributed by atoms with Gasteiger partial charge in [0.25, 0.3) is 0 Å². The van der Waals surface area contributed by atoms with Gasteiger partial charge in [-0.15, -0.1) is 0 Å². The summed E-state index contributed by atoms with van der Waals surface area (Å²) >= 11 is 6.47. The maximum Gasteiger partial charge on any atom is 0.439 e. The number of H-pyrrole nitrogens is 1. The van der Waals surface area contributed by atoms with E-state index in [0.29, 0.717) is 28.9 Å². The van der Waals surface area contributed by atoms with Crippen LogP contribution in [-0.2, 0) is 11.3 Å². The van der Waals surface area contributed by atoms with Crippen LogP contribution in [0.3, 0.4) is 0 Å². The average Bonchev–Trinajstić information content (AvgIpc) is 3.50. The number of rotatable bonds is 7. The molecule has 0 radical (unpaired) electrons. The van der Waals surface area contributed by atoms with E-state index in [1.54, 1.807) is 6.20 Å². The minimum absolute atomic E-state index is 0.122. The first-order valence-corrected chi connectivity index (χ1v) is 12.6. The number of nitrogens with zero attached hydrogens (tertiary/aromatic N) is 4. The summed E-state index contributed by atoms with van der Waals surface area (Å²) in [6.07, 6.45) is 5.83. The summed E-state index contributed by atoms with van der Waals surface area (Å²) in [6, 6.07) is 11.8. The number of nitrogens with one attached hydrogen (secondary N) is 1. The fourth-order valence-electron chi connectivity index (χ4n) is 4.86. The van der Waals surface area contributed by atoms with Gasteiger partial charge in [0.2, 0.25) is 0 Å². The second-order valence-electron chi connectivity index (χ2n) is 9.48. The molecule has 1 saturated heterocycles. The molecule has 2 fully saturated rings. The molecule has 3 aromatic heterocycles. The van der Waals surface area contributed by atoms with E-state index in [-0.39, 0.29) is 12.1 Å². The number of pyridine rings is 1. The number of anilines is 1. The molecule has 36 heavy (non-hydrogen) atoms. The maximum atomic E-state index is 11.2. The van der Waals surface area contributed by atoms with E-state index in [4.69, 9.17) is 20.9 Å². The van der Waals surface area contributed by atoms with Crippen LogP contribution in [0, 0.1) is 0 Å². The van der Waals surface area contributed by atoms with E-state index in [1.807, 2.05) is 36.4 Å². The zero-order valence-electron chi connectivity index (χ0n) is 19.8. The van der Waals surface area contributed by atoms with Crippen molar-refractivity contribution in [3.63, 3.8) is 0 Å². The predicted molar refractivity (Wildman–Crippen MR) is 134 cm³/mol. The molecular weight excluding hydrogens is 482 g/mol. The van der Waals surface area contributed by atoms with E-state index in [2.05, 4.69) is 36.6 Å². The van der Waals surface area contributed by atoms with Gasteiger partial charge in [0.1, 0.15) is 17.3 Å². The highest BCUT2D eigenvalue weighted by atomic mass is 35.5. The second-order valence-corrected chi connectivity index (χ2v) is 9.88. The summed E-state index contributed by atoms with van der Waals surface area (Å²) in [4.78, 5) is 20.6. The standard InChI is InChI=1S/C26H26ClN5O4/c1-15-12-18(10-11-32(15)22-9-8-17(13-28-22)25-29-26(33)36-31-25)34-14-20-23(19-4-2-3-5-21(19)27)30-35-24(20)16-6-7-16/h2-5,8-9,13,15-16,18H,6-7,10-12,14H2,1H3,(H,29,31,33)/t15-,18-/m1/s1. The van der Waals surface area contributed by atoms with Gasteiger partial charge >= 0.3 is 5.76 Å². The van der Waals surface area contributed by atoms with Gasteiger partial charge in [-0.3, -0.25) is 9.51 Å². The third-order valence-electron chi connectivity index (χ3n) is 6.94. The summed E-state index contributed by atoms with van der Waals surface area (Å²) in [5.41, 5.74) is 3.38. The summed E-state index contributed by atoms with van der Waals surface area (Å²) < 4.78 is 16.8. The van der Waals surface area contributed by atoms with Crippen LogP contribution in [-0.4, -0.2) is 39.0 Å². The molecule has 186 valence electrons. The SMILES string of the molecule is C[C@@H]1C[C@H](OCc2c(-c3ccccc3Cl)noc2C2CC2)CCN1c1ccc(-c2noc(=O)[nH]2)cn1. The van der Waals surface area contributed by atoms with E-state index in [1.165, 1.54) is 0 Å². The molecule has 1 aliphatic heterocycles. The lowest BCUT2D eigenvalue weighted by Crippen LogP contribution is -2.43. The number of hydrogen-bond donors (Lipinski definition) is 1. The van der Waals surface area contributed by atoms with Gasteiger partial charge in [-0.1, -0.05) is 40.1 Å². The smallest absolute Gasteiger partial charge is 0.373 e. The summed E-state index contributed by atoms with van der Waals surface area (Å²) in [5.74, 6) is 2.03. The minimum Gasteiger partial charge on any atom is -0.373 e. The Morgan fingerprint density at radius 3 is 2.69 bits per heavy atom. The first-order valence-electron chi connectivity index (χ1n) is 12.2. The Labute approximate surface area is 212 Å². The molecule has 0 bridgehead atoms. The Morgan fingerprint density at radius 2 is 2.00 bits per heavy atom. The third kappa shape index (κ3) is 4.56. The molecule has 10 heteroatoms. The number of piperidine rings is 1. The van der Waals surface area contributed by atoms with E-state index >= 15 is 0 Å². The van der Waals surface area contributed by atoms with E-state index < -0.39 is 5.76 Å². The predicted octanol–water partition coefficient (Wildman–Crippen LogP) is 5.18. The second kappa shape index (κ2) is 9.55. The van der Waals surface area contributed by atoms with Gasteiger partial charge in [0.15, 0.2) is 5.82 Å². The lowest BCUT2D eigenvalue weighted by molar-refractivity contribution is 0.0174. The number of benzene rings is 1. The van der Waals surface area contributed by atoms with Crippen molar-refractivity contribution in [2.45, 2.75) is 57.3 Å². The van der Waals surface area contributed by atoms with Crippen molar-refractivity contribution in [3.05, 3.63) is 69.5 Å². The molecule has 1 aliphatic carbocycles. The van der Waals surface area contributed by atoms with E-state index in [9.17, 15) is 4.79 Å². The molecule has 1 N–H and O–H groups in total. The van der Waals surface area contributed by atoms with Crippen LogP contribution in [0.25, 0.3) is 22.6 Å². The quantitative estimate of drug-likeness (QED) is 0.364. The van der Waals surface area contributed by atoms with Crippen LogP contribution in [0.2, 0.25) is 5.02 Å². The number of aromatic nitrogens is 4. The first-order chi connectivity index (χ1) is 17.6. The van der Waals surface area contributed by atoms with Crippen molar-refractivity contribution >= 4 is 17.4 Å². The number of hydrogen-bond acceptors (Lipinski definition) is 8. The van der Waals surface area contributed by atoms with Crippen LogP contribution >= 0.6 is 11.6 Å². The van der Waals surface area contributed by atoms with Crippen LogP contribution in [0.1, 0.15) is 49.8 Å². The summed E-state index contributed by atoms with van der Waals surface area (Å²) in [7, 11) is 0. The van der Waals surface area contributed by atoms with Gasteiger partial charge in [-0.2, -0.15) is 0 Å². The topological polar surface area (TPSA) is 110 Å². The molecule has 2 atom stereocenters. The molecule has 9 nitrogen and oxygen atoms in total. The summed E-state index contributed by atoms with van der Waals surface area (Å²) in [5, 5.41) is 8.75. The zero-order valence-corrected chi connectivity index (χ0v) is 20.6. The fourth-order valence-corrected chi connectivity index (χ4v) is 5.09. The molecule has 0 spiro atoms. The Kier molecular flexibility index (Phi) is 6.10. The Morgan fingerprint density at radius 1 is 1.14 bits per heavy atom. The van der Waals surface area contributed by atoms with Gasteiger partial charge < -0.3 is 14.2 Å². The largest absolute Gasteiger partial charge is 0.439 e. The van der Waals surface area contributed by atoms with Crippen LogP contribution < -0.4 is 10.7 Å². The monoisotopic (exact) mass is 507 g/mol. The lowest BCUT2D eigenvalue weighted by Gasteiger charge is -2.38. The number of halogens is 1. The van der Waals surface area contributed by atoms with Gasteiger partial charge in [0, 0.05) is 41.4 Å². The fraction of sp³-hybridized carbons (Fsp3) is 0.385. The highest BCUT2D eigenvalue weighted by Gasteiger charge is 2.34. The first kappa shape index (κ1) is 23.0. The molecule has 6 rings (SSSR count). The molecule has 4 heterocycles. The maximum absolute atomic E-state index is 11.2. The molecular formula is C26H26ClN5O4. The van der Waals surface area contributed by atoms with Crippen molar-refractivity contribution in [1.82, 2.24) is 20.3 Å². The highest BCUT2D eigenvalue weighted by Crippen LogP contribution is 2.45. The van der Waals surface area contributed by atoms with Crippen LogP contribution in [0.15, 0.2) is 56.4 Å². The van der Waals surface area contributed by atoms with E-state index in [0.717, 1.165) is 60.6 Å². The van der Waals surface area contributed by atoms with Crippen LogP contribution in [0.4, 0.5) is 5.82 Å².